The van der Waals surface area contributed by atoms with Crippen molar-refractivity contribution in [1.29, 1.82) is 0 Å². The van der Waals surface area contributed by atoms with Gasteiger partial charge in [-0.05, 0) is 37.8 Å². The summed E-state index contributed by atoms with van der Waals surface area (Å²) in [6.07, 6.45) is 4.53. The summed E-state index contributed by atoms with van der Waals surface area (Å²) in [5, 5.41) is 10.9. The summed E-state index contributed by atoms with van der Waals surface area (Å²) in [5.41, 5.74) is 2.62. The predicted molar refractivity (Wildman–Crippen MR) is 62.8 cm³/mol. The Kier molecular flexibility index (Phi) is 3.04. The fourth-order valence-electron chi connectivity index (χ4n) is 2.20. The molecule has 1 aromatic carbocycles. The standard InChI is InChI=1S/C13H15NO2/c1-10-6-8-11(9-7-10)12-4-2-3-5-13(12)14(15)16/h5-9,12H,2-4H2,1H3/t12-/m0/s1. The SMILES string of the molecule is Cc1ccc([C@@H]2CCCC=C2[N+](=O)[O-])cc1. The van der Waals surface area contributed by atoms with Crippen LogP contribution in [-0.4, -0.2) is 4.92 Å². The molecule has 0 aromatic heterocycles. The fraction of sp³-hybridized carbons (Fsp3) is 0.385. The largest absolute Gasteiger partial charge is 0.259 e. The minimum absolute atomic E-state index is 0.0238. The van der Waals surface area contributed by atoms with Gasteiger partial charge in [-0.2, -0.15) is 0 Å². The smallest absolute Gasteiger partial charge is 0.249 e. The molecule has 0 saturated heterocycles. The molecule has 1 aromatic rings. The molecule has 2 rings (SSSR count). The first kappa shape index (κ1) is 10.9. The summed E-state index contributed by atoms with van der Waals surface area (Å²) in [7, 11) is 0. The number of aryl methyl sites for hydroxylation is 1. The maximum absolute atomic E-state index is 10.9. The molecular formula is C13H15NO2. The topological polar surface area (TPSA) is 43.1 Å². The quantitative estimate of drug-likeness (QED) is 0.562. The van der Waals surface area contributed by atoms with Crippen LogP contribution < -0.4 is 0 Å². The van der Waals surface area contributed by atoms with Crippen LogP contribution in [-0.2, 0) is 0 Å². The molecule has 1 aliphatic carbocycles. The van der Waals surface area contributed by atoms with Gasteiger partial charge in [-0.1, -0.05) is 29.8 Å². The van der Waals surface area contributed by atoms with Crippen LogP contribution in [0.5, 0.6) is 0 Å². The summed E-state index contributed by atoms with van der Waals surface area (Å²) in [6, 6.07) is 8.04. The van der Waals surface area contributed by atoms with E-state index >= 15 is 0 Å². The number of nitrogens with zero attached hydrogens (tertiary/aromatic N) is 1. The molecule has 0 amide bonds. The first-order chi connectivity index (χ1) is 7.68. The van der Waals surface area contributed by atoms with Crippen molar-refractivity contribution in [1.82, 2.24) is 0 Å². The van der Waals surface area contributed by atoms with E-state index in [4.69, 9.17) is 0 Å². The molecule has 1 atom stereocenters. The third-order valence-electron chi connectivity index (χ3n) is 3.10. The number of nitro groups is 1. The highest BCUT2D eigenvalue weighted by molar-refractivity contribution is 5.30. The molecule has 0 aliphatic heterocycles. The average Bonchev–Trinajstić information content (AvgIpc) is 2.30. The molecule has 3 heteroatoms. The van der Waals surface area contributed by atoms with Crippen LogP contribution in [0.15, 0.2) is 36.0 Å². The Bertz CT molecular complexity index is 420. The van der Waals surface area contributed by atoms with Gasteiger partial charge in [0.2, 0.25) is 5.70 Å². The molecule has 3 nitrogen and oxygen atoms in total. The van der Waals surface area contributed by atoms with E-state index in [2.05, 4.69) is 0 Å². The molecule has 0 radical (unpaired) electrons. The predicted octanol–water partition coefficient (Wildman–Crippen LogP) is 3.42. The van der Waals surface area contributed by atoms with Crippen LogP contribution in [0.2, 0.25) is 0 Å². The van der Waals surface area contributed by atoms with Crippen LogP contribution >= 0.6 is 0 Å². The van der Waals surface area contributed by atoms with Gasteiger partial charge in [-0.25, -0.2) is 0 Å². The van der Waals surface area contributed by atoms with Crippen molar-refractivity contribution in [2.75, 3.05) is 0 Å². The van der Waals surface area contributed by atoms with E-state index in [0.717, 1.165) is 24.8 Å². The Morgan fingerprint density at radius 1 is 1.31 bits per heavy atom. The molecule has 0 bridgehead atoms. The number of hydrogen-bond acceptors (Lipinski definition) is 2. The molecule has 0 heterocycles. The van der Waals surface area contributed by atoms with E-state index < -0.39 is 0 Å². The number of hydrogen-bond donors (Lipinski definition) is 0. The second kappa shape index (κ2) is 4.47. The molecule has 0 fully saturated rings. The van der Waals surface area contributed by atoms with Gasteiger partial charge in [-0.3, -0.25) is 10.1 Å². The molecule has 84 valence electrons. The van der Waals surface area contributed by atoms with Crippen molar-refractivity contribution in [3.05, 3.63) is 57.3 Å². The minimum Gasteiger partial charge on any atom is -0.259 e. The highest BCUT2D eigenvalue weighted by atomic mass is 16.6. The van der Waals surface area contributed by atoms with Crippen molar-refractivity contribution >= 4 is 0 Å². The number of benzene rings is 1. The van der Waals surface area contributed by atoms with Crippen LogP contribution in [0.3, 0.4) is 0 Å². The Labute approximate surface area is 94.9 Å². The van der Waals surface area contributed by atoms with E-state index in [9.17, 15) is 10.1 Å². The van der Waals surface area contributed by atoms with Crippen molar-refractivity contribution in [2.24, 2.45) is 0 Å². The number of allylic oxidation sites excluding steroid dienone is 2. The van der Waals surface area contributed by atoms with Gasteiger partial charge in [-0.15, -0.1) is 0 Å². The highest BCUT2D eigenvalue weighted by Crippen LogP contribution is 2.34. The number of rotatable bonds is 2. The van der Waals surface area contributed by atoms with Crippen LogP contribution in [0.25, 0.3) is 0 Å². The molecule has 0 saturated carbocycles. The van der Waals surface area contributed by atoms with E-state index in [0.29, 0.717) is 5.70 Å². The molecule has 0 spiro atoms. The Hall–Kier alpha value is -1.64. The van der Waals surface area contributed by atoms with Crippen molar-refractivity contribution in [3.63, 3.8) is 0 Å². The van der Waals surface area contributed by atoms with Gasteiger partial charge in [0.1, 0.15) is 0 Å². The lowest BCUT2D eigenvalue weighted by atomic mass is 9.86. The summed E-state index contributed by atoms with van der Waals surface area (Å²) in [6.45, 7) is 2.02. The van der Waals surface area contributed by atoms with E-state index in [1.165, 1.54) is 5.56 Å². The van der Waals surface area contributed by atoms with Gasteiger partial charge < -0.3 is 0 Å². The average molecular weight is 217 g/mol. The lowest BCUT2D eigenvalue weighted by Crippen LogP contribution is -2.13. The van der Waals surface area contributed by atoms with Crippen molar-refractivity contribution < 1.29 is 4.92 Å². The van der Waals surface area contributed by atoms with Crippen molar-refractivity contribution in [3.8, 4) is 0 Å². The van der Waals surface area contributed by atoms with Crippen LogP contribution in [0.4, 0.5) is 0 Å². The Morgan fingerprint density at radius 3 is 2.62 bits per heavy atom. The molecule has 1 aliphatic rings. The molecule has 0 unspecified atom stereocenters. The molecule has 16 heavy (non-hydrogen) atoms. The second-order valence-electron chi connectivity index (χ2n) is 4.28. The normalized spacial score (nSPS) is 20.3. The van der Waals surface area contributed by atoms with Gasteiger partial charge in [0.05, 0.1) is 10.8 Å². The summed E-state index contributed by atoms with van der Waals surface area (Å²) in [5.74, 6) is -0.0238. The molecular weight excluding hydrogens is 202 g/mol. The zero-order valence-corrected chi connectivity index (χ0v) is 9.35. The van der Waals surface area contributed by atoms with Gasteiger partial charge in [0.15, 0.2) is 0 Å². The summed E-state index contributed by atoms with van der Waals surface area (Å²) >= 11 is 0. The zero-order chi connectivity index (χ0) is 11.5. The monoisotopic (exact) mass is 217 g/mol. The zero-order valence-electron chi connectivity index (χ0n) is 9.35. The van der Waals surface area contributed by atoms with E-state index in [-0.39, 0.29) is 10.8 Å². The minimum atomic E-state index is -0.232. The summed E-state index contributed by atoms with van der Waals surface area (Å²) < 4.78 is 0. The lowest BCUT2D eigenvalue weighted by Gasteiger charge is -2.18. The van der Waals surface area contributed by atoms with Crippen LogP contribution in [0.1, 0.15) is 36.3 Å². The van der Waals surface area contributed by atoms with Gasteiger partial charge in [0.25, 0.3) is 0 Å². The molecule has 0 N–H and O–H groups in total. The van der Waals surface area contributed by atoms with Crippen LogP contribution in [0, 0.1) is 17.0 Å². The highest BCUT2D eigenvalue weighted by Gasteiger charge is 2.28. The fourth-order valence-corrected chi connectivity index (χ4v) is 2.20. The van der Waals surface area contributed by atoms with E-state index in [1.807, 2.05) is 31.2 Å². The first-order valence-corrected chi connectivity index (χ1v) is 5.59. The van der Waals surface area contributed by atoms with Gasteiger partial charge in [0, 0.05) is 0 Å². The third kappa shape index (κ3) is 2.13. The van der Waals surface area contributed by atoms with Crippen molar-refractivity contribution in [2.45, 2.75) is 32.1 Å². The maximum atomic E-state index is 10.9. The Balaban J connectivity index is 2.31. The third-order valence-corrected chi connectivity index (χ3v) is 3.10. The maximum Gasteiger partial charge on any atom is 0.249 e. The Morgan fingerprint density at radius 2 is 2.00 bits per heavy atom. The van der Waals surface area contributed by atoms with E-state index in [1.54, 1.807) is 6.08 Å². The lowest BCUT2D eigenvalue weighted by molar-refractivity contribution is -0.431. The first-order valence-electron chi connectivity index (χ1n) is 5.59. The summed E-state index contributed by atoms with van der Waals surface area (Å²) in [4.78, 5) is 10.7. The van der Waals surface area contributed by atoms with Gasteiger partial charge >= 0.3 is 0 Å². The second-order valence-corrected chi connectivity index (χ2v) is 4.28.